The molecule has 0 saturated heterocycles. The van der Waals surface area contributed by atoms with Crippen molar-refractivity contribution in [2.24, 2.45) is 5.73 Å². The molecule has 2 rings (SSSR count). The SMILES string of the molecule is NCC1(OCc2cccc(C(F)(F)F)c2)CCCCC1. The van der Waals surface area contributed by atoms with E-state index in [-0.39, 0.29) is 12.2 Å². The van der Waals surface area contributed by atoms with Crippen LogP contribution in [0.2, 0.25) is 0 Å². The van der Waals surface area contributed by atoms with Crippen LogP contribution in [-0.4, -0.2) is 12.1 Å². The number of hydrogen-bond acceptors (Lipinski definition) is 2. The lowest BCUT2D eigenvalue weighted by Gasteiger charge is -2.36. The van der Waals surface area contributed by atoms with Crippen LogP contribution in [0.5, 0.6) is 0 Å². The lowest BCUT2D eigenvalue weighted by molar-refractivity contribution is -0.137. The molecule has 0 atom stereocenters. The first kappa shape index (κ1) is 15.3. The van der Waals surface area contributed by atoms with Crippen molar-refractivity contribution in [3.8, 4) is 0 Å². The molecule has 2 nitrogen and oxygen atoms in total. The average Bonchev–Trinajstić information content (AvgIpc) is 2.46. The molecule has 2 N–H and O–H groups in total. The molecule has 20 heavy (non-hydrogen) atoms. The molecule has 1 aromatic carbocycles. The van der Waals surface area contributed by atoms with Crippen LogP contribution in [0.1, 0.15) is 43.2 Å². The van der Waals surface area contributed by atoms with Gasteiger partial charge in [0.2, 0.25) is 0 Å². The zero-order chi connectivity index (χ0) is 14.6. The van der Waals surface area contributed by atoms with Gasteiger partial charge in [0.25, 0.3) is 0 Å². The van der Waals surface area contributed by atoms with E-state index in [1.165, 1.54) is 12.5 Å². The van der Waals surface area contributed by atoms with Gasteiger partial charge in [-0.15, -0.1) is 0 Å². The Morgan fingerprint density at radius 1 is 1.15 bits per heavy atom. The maximum Gasteiger partial charge on any atom is 0.416 e. The van der Waals surface area contributed by atoms with E-state index in [0.29, 0.717) is 12.1 Å². The molecule has 0 spiro atoms. The molecule has 0 aromatic heterocycles. The van der Waals surface area contributed by atoms with Crippen molar-refractivity contribution in [1.29, 1.82) is 0 Å². The molecule has 0 bridgehead atoms. The minimum absolute atomic E-state index is 0.182. The Morgan fingerprint density at radius 2 is 1.85 bits per heavy atom. The number of halogens is 3. The minimum atomic E-state index is -4.31. The fraction of sp³-hybridized carbons (Fsp3) is 0.600. The Bertz CT molecular complexity index is 439. The standard InChI is InChI=1S/C15H20F3NO/c16-15(17,18)13-6-4-5-12(9-13)10-20-14(11-19)7-2-1-3-8-14/h4-6,9H,1-3,7-8,10-11,19H2. The van der Waals surface area contributed by atoms with Crippen molar-refractivity contribution >= 4 is 0 Å². The average molecular weight is 287 g/mol. The third kappa shape index (κ3) is 3.73. The Balaban J connectivity index is 2.03. The van der Waals surface area contributed by atoms with Crippen molar-refractivity contribution in [2.45, 2.75) is 50.5 Å². The van der Waals surface area contributed by atoms with Gasteiger partial charge in [-0.1, -0.05) is 31.4 Å². The topological polar surface area (TPSA) is 35.2 Å². The van der Waals surface area contributed by atoms with Gasteiger partial charge in [0, 0.05) is 6.54 Å². The van der Waals surface area contributed by atoms with Crippen LogP contribution >= 0.6 is 0 Å². The molecule has 1 aromatic rings. The summed E-state index contributed by atoms with van der Waals surface area (Å²) in [4.78, 5) is 0. The van der Waals surface area contributed by atoms with Crippen molar-refractivity contribution < 1.29 is 17.9 Å². The normalized spacial score (nSPS) is 19.0. The summed E-state index contributed by atoms with van der Waals surface area (Å²) in [6.45, 7) is 0.604. The quantitative estimate of drug-likeness (QED) is 0.912. The highest BCUT2D eigenvalue weighted by atomic mass is 19.4. The molecule has 5 heteroatoms. The third-order valence-corrected chi connectivity index (χ3v) is 3.94. The summed E-state index contributed by atoms with van der Waals surface area (Å²) < 4.78 is 43.8. The van der Waals surface area contributed by atoms with Crippen molar-refractivity contribution in [1.82, 2.24) is 0 Å². The van der Waals surface area contributed by atoms with E-state index in [1.54, 1.807) is 6.07 Å². The maximum atomic E-state index is 12.6. The smallest absolute Gasteiger partial charge is 0.369 e. The lowest BCUT2D eigenvalue weighted by Crippen LogP contribution is -2.42. The van der Waals surface area contributed by atoms with Crippen LogP contribution in [0.25, 0.3) is 0 Å². The van der Waals surface area contributed by atoms with Gasteiger partial charge in [-0.3, -0.25) is 0 Å². The second-order valence-electron chi connectivity index (χ2n) is 5.43. The molecule has 0 heterocycles. The number of hydrogen-bond donors (Lipinski definition) is 1. The number of ether oxygens (including phenoxy) is 1. The number of nitrogens with two attached hydrogens (primary N) is 1. The number of alkyl halides is 3. The van der Waals surface area contributed by atoms with Gasteiger partial charge in [-0.2, -0.15) is 13.2 Å². The first-order valence-electron chi connectivity index (χ1n) is 6.95. The monoisotopic (exact) mass is 287 g/mol. The van der Waals surface area contributed by atoms with E-state index in [1.807, 2.05) is 0 Å². The van der Waals surface area contributed by atoms with Gasteiger partial charge in [0.15, 0.2) is 0 Å². The van der Waals surface area contributed by atoms with Crippen LogP contribution in [0, 0.1) is 0 Å². The molecule has 1 aliphatic carbocycles. The zero-order valence-corrected chi connectivity index (χ0v) is 11.4. The van der Waals surface area contributed by atoms with E-state index in [9.17, 15) is 13.2 Å². The molecule has 1 aliphatic rings. The van der Waals surface area contributed by atoms with Gasteiger partial charge >= 0.3 is 6.18 Å². The fourth-order valence-electron chi connectivity index (χ4n) is 2.68. The largest absolute Gasteiger partial charge is 0.416 e. The van der Waals surface area contributed by atoms with Crippen molar-refractivity contribution in [3.63, 3.8) is 0 Å². The molecular formula is C15H20F3NO. The molecule has 1 fully saturated rings. The summed E-state index contributed by atoms with van der Waals surface area (Å²) >= 11 is 0. The van der Waals surface area contributed by atoms with Crippen molar-refractivity contribution in [2.75, 3.05) is 6.54 Å². The van der Waals surface area contributed by atoms with Gasteiger partial charge < -0.3 is 10.5 Å². The van der Waals surface area contributed by atoms with E-state index < -0.39 is 11.7 Å². The third-order valence-electron chi connectivity index (χ3n) is 3.94. The first-order valence-corrected chi connectivity index (χ1v) is 6.95. The van der Waals surface area contributed by atoms with Crippen LogP contribution in [0.3, 0.4) is 0 Å². The summed E-state index contributed by atoms with van der Waals surface area (Å²) in [5.41, 5.74) is 5.35. The van der Waals surface area contributed by atoms with E-state index in [2.05, 4.69) is 0 Å². The lowest BCUT2D eigenvalue weighted by atomic mass is 9.84. The molecule has 0 radical (unpaired) electrons. The van der Waals surface area contributed by atoms with Crippen LogP contribution in [-0.2, 0) is 17.5 Å². The first-order chi connectivity index (χ1) is 9.45. The summed E-state index contributed by atoms with van der Waals surface area (Å²) in [6, 6.07) is 5.29. The summed E-state index contributed by atoms with van der Waals surface area (Å²) in [5, 5.41) is 0. The van der Waals surface area contributed by atoms with E-state index in [0.717, 1.165) is 37.8 Å². The highest BCUT2D eigenvalue weighted by Crippen LogP contribution is 2.33. The molecule has 0 amide bonds. The number of rotatable bonds is 4. The predicted octanol–water partition coefficient (Wildman–Crippen LogP) is 3.88. The molecule has 0 aliphatic heterocycles. The van der Waals surface area contributed by atoms with E-state index >= 15 is 0 Å². The Hall–Kier alpha value is -1.07. The predicted molar refractivity (Wildman–Crippen MR) is 71.1 cm³/mol. The Morgan fingerprint density at radius 3 is 2.45 bits per heavy atom. The minimum Gasteiger partial charge on any atom is -0.369 e. The molecule has 0 unspecified atom stereocenters. The van der Waals surface area contributed by atoms with Crippen LogP contribution in [0.15, 0.2) is 24.3 Å². The summed E-state index contributed by atoms with van der Waals surface area (Å²) in [5.74, 6) is 0. The van der Waals surface area contributed by atoms with Gasteiger partial charge in [-0.25, -0.2) is 0 Å². The molecular weight excluding hydrogens is 267 g/mol. The van der Waals surface area contributed by atoms with Gasteiger partial charge in [-0.05, 0) is 30.5 Å². The summed E-state index contributed by atoms with van der Waals surface area (Å²) in [6.07, 6.45) is 0.783. The highest BCUT2D eigenvalue weighted by molar-refractivity contribution is 5.25. The fourth-order valence-corrected chi connectivity index (χ4v) is 2.68. The number of benzene rings is 1. The maximum absolute atomic E-state index is 12.6. The Labute approximate surface area is 117 Å². The van der Waals surface area contributed by atoms with Gasteiger partial charge in [0.05, 0.1) is 17.8 Å². The second-order valence-corrected chi connectivity index (χ2v) is 5.43. The second kappa shape index (κ2) is 6.14. The summed E-state index contributed by atoms with van der Waals surface area (Å²) in [7, 11) is 0. The Kier molecular flexibility index (Phi) is 4.70. The van der Waals surface area contributed by atoms with Crippen molar-refractivity contribution in [3.05, 3.63) is 35.4 Å². The highest BCUT2D eigenvalue weighted by Gasteiger charge is 2.32. The van der Waals surface area contributed by atoms with Crippen LogP contribution in [0.4, 0.5) is 13.2 Å². The molecule has 112 valence electrons. The van der Waals surface area contributed by atoms with Gasteiger partial charge in [0.1, 0.15) is 0 Å². The molecule has 1 saturated carbocycles. The van der Waals surface area contributed by atoms with Crippen LogP contribution < -0.4 is 5.73 Å². The zero-order valence-electron chi connectivity index (χ0n) is 11.4. The van der Waals surface area contributed by atoms with E-state index in [4.69, 9.17) is 10.5 Å².